The molecular weight excluding hydrogens is 377 g/mol. The highest BCUT2D eigenvalue weighted by Gasteiger charge is 2.22. The minimum absolute atomic E-state index is 0.169. The van der Waals surface area contributed by atoms with Crippen LogP contribution in [-0.4, -0.2) is 54.5 Å². The molecule has 0 atom stereocenters. The van der Waals surface area contributed by atoms with Crippen LogP contribution in [0.1, 0.15) is 37.6 Å². The summed E-state index contributed by atoms with van der Waals surface area (Å²) < 4.78 is 17.5. The van der Waals surface area contributed by atoms with E-state index < -0.39 is 0 Å². The summed E-state index contributed by atoms with van der Waals surface area (Å²) >= 11 is 1.43. The number of hydrogen-bond acceptors (Lipinski definition) is 5. The number of rotatable bonds is 9. The molecule has 1 saturated heterocycles. The molecule has 1 amide bonds. The number of hydrogen-bond donors (Lipinski definition) is 2. The molecule has 1 aliphatic rings. The predicted octanol–water partition coefficient (Wildman–Crippen LogP) is 1.28. The van der Waals surface area contributed by atoms with E-state index in [1.807, 2.05) is 0 Å². The van der Waals surface area contributed by atoms with E-state index in [9.17, 15) is 9.18 Å². The minimum atomic E-state index is -0.225. The molecule has 0 unspecified atom stereocenters. The maximum Gasteiger partial charge on any atom is 0.220 e. The van der Waals surface area contributed by atoms with E-state index in [4.69, 9.17) is 0 Å². The molecule has 8 heteroatoms. The summed E-state index contributed by atoms with van der Waals surface area (Å²) in [6, 6.07) is 6.49. The van der Waals surface area contributed by atoms with Crippen LogP contribution in [0, 0.1) is 5.82 Å². The van der Waals surface area contributed by atoms with Crippen molar-refractivity contribution in [2.75, 3.05) is 44.2 Å². The van der Waals surface area contributed by atoms with Crippen LogP contribution in [0.4, 0.5) is 9.52 Å². The fraction of sp³-hybridized carbons (Fsp3) is 0.550. The lowest BCUT2D eigenvalue weighted by Crippen LogP contribution is -3.15. The quantitative estimate of drug-likeness (QED) is 0.659. The lowest BCUT2D eigenvalue weighted by Gasteiger charge is -2.31. The Morgan fingerprint density at radius 3 is 2.75 bits per heavy atom. The van der Waals surface area contributed by atoms with Crippen LogP contribution in [0.2, 0.25) is 0 Å². The highest BCUT2D eigenvalue weighted by molar-refractivity contribution is 7.09. The van der Waals surface area contributed by atoms with Crippen molar-refractivity contribution in [2.24, 2.45) is 0 Å². The topological polar surface area (TPSA) is 62.6 Å². The van der Waals surface area contributed by atoms with E-state index in [0.717, 1.165) is 68.6 Å². The van der Waals surface area contributed by atoms with E-state index in [1.165, 1.54) is 28.6 Å². The number of amides is 1. The van der Waals surface area contributed by atoms with Gasteiger partial charge in [-0.15, -0.1) is 0 Å². The normalized spacial score (nSPS) is 15.0. The lowest BCUT2D eigenvalue weighted by atomic mass is 10.1. The van der Waals surface area contributed by atoms with Gasteiger partial charge in [0.05, 0.1) is 39.3 Å². The number of nitrogens with one attached hydrogen (secondary N) is 2. The molecule has 2 aromatic rings. The lowest BCUT2D eigenvalue weighted by molar-refractivity contribution is -0.899. The molecule has 0 spiro atoms. The first kappa shape index (κ1) is 20.7. The largest absolute Gasteiger partial charge is 0.350 e. The number of anilines is 1. The summed E-state index contributed by atoms with van der Waals surface area (Å²) in [6.07, 6.45) is 3.27. The van der Waals surface area contributed by atoms with Crippen LogP contribution in [0.3, 0.4) is 0 Å². The minimum Gasteiger partial charge on any atom is -0.350 e. The summed E-state index contributed by atoms with van der Waals surface area (Å²) in [5.74, 6) is 0.732. The molecule has 0 radical (unpaired) electrons. The van der Waals surface area contributed by atoms with Gasteiger partial charge in [0.1, 0.15) is 11.6 Å². The van der Waals surface area contributed by atoms with Gasteiger partial charge in [-0.3, -0.25) is 4.79 Å². The Bertz CT molecular complexity index is 743. The zero-order valence-electron chi connectivity index (χ0n) is 16.4. The average Bonchev–Trinajstić information content (AvgIpc) is 3.17. The second kappa shape index (κ2) is 10.5. The van der Waals surface area contributed by atoms with Gasteiger partial charge in [0.2, 0.25) is 11.0 Å². The smallest absolute Gasteiger partial charge is 0.220 e. The third-order valence-corrected chi connectivity index (χ3v) is 5.85. The van der Waals surface area contributed by atoms with Gasteiger partial charge in [-0.2, -0.15) is 4.37 Å². The second-order valence-corrected chi connectivity index (χ2v) is 7.97. The second-order valence-electron chi connectivity index (χ2n) is 7.24. The Kier molecular flexibility index (Phi) is 7.73. The van der Waals surface area contributed by atoms with Gasteiger partial charge in [0, 0.05) is 24.4 Å². The zero-order valence-corrected chi connectivity index (χ0v) is 17.2. The molecule has 2 heterocycles. The summed E-state index contributed by atoms with van der Waals surface area (Å²) in [7, 11) is 0. The molecule has 28 heavy (non-hydrogen) atoms. The highest BCUT2D eigenvalue weighted by Crippen LogP contribution is 2.19. The summed E-state index contributed by atoms with van der Waals surface area (Å²) in [5.41, 5.74) is 1.01. The van der Waals surface area contributed by atoms with Crippen molar-refractivity contribution in [3.05, 3.63) is 41.5 Å². The van der Waals surface area contributed by atoms with Gasteiger partial charge in [0.25, 0.3) is 0 Å². The first-order valence-corrected chi connectivity index (χ1v) is 10.8. The van der Waals surface area contributed by atoms with Crippen molar-refractivity contribution in [1.29, 1.82) is 0 Å². The average molecular weight is 407 g/mol. The summed E-state index contributed by atoms with van der Waals surface area (Å²) in [6.45, 7) is 7.79. The van der Waals surface area contributed by atoms with Gasteiger partial charge < -0.3 is 15.1 Å². The van der Waals surface area contributed by atoms with E-state index in [-0.39, 0.29) is 11.7 Å². The maximum absolute atomic E-state index is 13.0. The van der Waals surface area contributed by atoms with E-state index >= 15 is 0 Å². The van der Waals surface area contributed by atoms with Crippen molar-refractivity contribution in [3.8, 4) is 0 Å². The Hall–Kier alpha value is -2.06. The van der Waals surface area contributed by atoms with Crippen molar-refractivity contribution in [1.82, 2.24) is 14.7 Å². The number of benzene rings is 1. The Morgan fingerprint density at radius 1 is 1.29 bits per heavy atom. The Balaban J connectivity index is 1.39. The number of aromatic nitrogens is 2. The van der Waals surface area contributed by atoms with E-state index in [0.29, 0.717) is 12.8 Å². The molecule has 6 nitrogen and oxygen atoms in total. The number of piperazine rings is 1. The Morgan fingerprint density at radius 2 is 2.04 bits per heavy atom. The molecule has 2 N–H and O–H groups in total. The van der Waals surface area contributed by atoms with E-state index in [2.05, 4.69) is 26.5 Å². The van der Waals surface area contributed by atoms with Gasteiger partial charge in [-0.1, -0.05) is 25.5 Å². The van der Waals surface area contributed by atoms with Crippen LogP contribution in [0.5, 0.6) is 0 Å². The molecule has 1 aromatic heterocycles. The fourth-order valence-corrected chi connectivity index (χ4v) is 4.04. The molecule has 0 saturated carbocycles. The number of quaternary nitrogens is 1. The van der Waals surface area contributed by atoms with E-state index in [1.54, 1.807) is 12.1 Å². The molecule has 3 rings (SSSR count). The number of halogens is 1. The third kappa shape index (κ3) is 6.24. The summed E-state index contributed by atoms with van der Waals surface area (Å²) in [4.78, 5) is 20.1. The molecule has 152 valence electrons. The first-order valence-electron chi connectivity index (χ1n) is 10.1. The van der Waals surface area contributed by atoms with Crippen LogP contribution in [0.15, 0.2) is 24.3 Å². The SMILES string of the molecule is CCCCC(=O)NCC[NH+]1CCN(c2nc(Cc3ccc(F)cc3)ns2)CC1. The van der Waals surface area contributed by atoms with Crippen LogP contribution >= 0.6 is 11.5 Å². The van der Waals surface area contributed by atoms with Gasteiger partial charge in [-0.25, -0.2) is 9.37 Å². The van der Waals surface area contributed by atoms with Gasteiger partial charge in [0.15, 0.2) is 0 Å². The van der Waals surface area contributed by atoms with Crippen molar-refractivity contribution in [3.63, 3.8) is 0 Å². The molecule has 0 aliphatic carbocycles. The predicted molar refractivity (Wildman–Crippen MR) is 109 cm³/mol. The zero-order chi connectivity index (χ0) is 19.8. The standard InChI is InChI=1S/C20H28FN5OS/c1-2-3-4-19(27)22-9-10-25-11-13-26(14-12-25)20-23-18(24-28-20)15-16-5-7-17(21)8-6-16/h5-8H,2-4,9-15H2,1H3,(H,22,27)/p+1. The highest BCUT2D eigenvalue weighted by atomic mass is 32.1. The third-order valence-electron chi connectivity index (χ3n) is 5.03. The van der Waals surface area contributed by atoms with Gasteiger partial charge in [-0.05, 0) is 24.1 Å². The van der Waals surface area contributed by atoms with Crippen LogP contribution < -0.4 is 15.1 Å². The Labute approximate surface area is 169 Å². The molecule has 0 bridgehead atoms. The first-order chi connectivity index (χ1) is 13.6. The summed E-state index contributed by atoms with van der Waals surface area (Å²) in [5, 5.41) is 3.98. The van der Waals surface area contributed by atoms with Crippen molar-refractivity contribution in [2.45, 2.75) is 32.6 Å². The number of carbonyl (C=O) groups is 1. The van der Waals surface area contributed by atoms with Crippen LogP contribution in [-0.2, 0) is 11.2 Å². The van der Waals surface area contributed by atoms with Crippen molar-refractivity contribution >= 4 is 22.6 Å². The molecule has 1 aromatic carbocycles. The fourth-order valence-electron chi connectivity index (χ4n) is 3.30. The van der Waals surface area contributed by atoms with Crippen LogP contribution in [0.25, 0.3) is 0 Å². The number of unbranched alkanes of at least 4 members (excludes halogenated alkanes) is 1. The maximum atomic E-state index is 13.0. The molecule has 1 aliphatic heterocycles. The monoisotopic (exact) mass is 406 g/mol. The number of carbonyl (C=O) groups excluding carboxylic acids is 1. The van der Waals surface area contributed by atoms with Crippen molar-refractivity contribution < 1.29 is 14.1 Å². The van der Waals surface area contributed by atoms with Gasteiger partial charge >= 0.3 is 0 Å². The molecule has 1 fully saturated rings. The number of nitrogens with zero attached hydrogens (tertiary/aromatic N) is 3. The molecular formula is C20H29FN5OS+.